The second kappa shape index (κ2) is 5.82. The van der Waals surface area contributed by atoms with Crippen molar-refractivity contribution in [2.24, 2.45) is 0 Å². The first-order valence-electron chi connectivity index (χ1n) is 5.36. The molecule has 1 aromatic rings. The fraction of sp³-hybridized carbons (Fsp3) is 0.545. The normalized spacial score (nSPS) is 10.2. The Kier molecular flexibility index (Phi) is 4.69. The molecule has 0 aliphatic carbocycles. The van der Waals surface area contributed by atoms with Crippen LogP contribution in [-0.2, 0) is 4.79 Å². The van der Waals surface area contributed by atoms with Crippen molar-refractivity contribution in [3.63, 3.8) is 0 Å². The van der Waals surface area contributed by atoms with E-state index in [1.54, 1.807) is 25.9 Å². The molecule has 6 heteroatoms. The molecular formula is C11H17ClN4O. The van der Waals surface area contributed by atoms with Gasteiger partial charge in [0.25, 0.3) is 0 Å². The van der Waals surface area contributed by atoms with Crippen LogP contribution in [0.15, 0.2) is 0 Å². The lowest BCUT2D eigenvalue weighted by molar-refractivity contribution is -0.128. The molecule has 0 bridgehead atoms. The van der Waals surface area contributed by atoms with Crippen molar-refractivity contribution in [2.75, 3.05) is 26.0 Å². The Morgan fingerprint density at radius 3 is 2.59 bits per heavy atom. The number of nitrogens with zero attached hydrogens (tertiary/aromatic N) is 3. The summed E-state index contributed by atoms with van der Waals surface area (Å²) in [6.07, 6.45) is 0.424. The second-order valence-corrected chi connectivity index (χ2v) is 4.36. The van der Waals surface area contributed by atoms with Crippen LogP contribution in [0, 0.1) is 13.8 Å². The Bertz CT molecular complexity index is 420. The predicted octanol–water partition coefficient (Wildman–Crippen LogP) is 1.64. The monoisotopic (exact) mass is 256 g/mol. The third kappa shape index (κ3) is 3.85. The minimum Gasteiger partial charge on any atom is -0.369 e. The number of aromatic nitrogens is 2. The molecule has 0 aromatic carbocycles. The highest BCUT2D eigenvalue weighted by atomic mass is 35.5. The molecule has 0 unspecified atom stereocenters. The summed E-state index contributed by atoms with van der Waals surface area (Å²) in [5.74, 6) is 1.38. The summed E-state index contributed by atoms with van der Waals surface area (Å²) < 4.78 is 0. The van der Waals surface area contributed by atoms with Gasteiger partial charge in [0.2, 0.25) is 5.91 Å². The molecule has 0 spiro atoms. The fourth-order valence-corrected chi connectivity index (χ4v) is 1.49. The highest BCUT2D eigenvalue weighted by Crippen LogP contribution is 2.19. The molecule has 0 radical (unpaired) electrons. The minimum atomic E-state index is 0.0760. The van der Waals surface area contributed by atoms with Crippen LogP contribution in [0.1, 0.15) is 17.8 Å². The van der Waals surface area contributed by atoms with Gasteiger partial charge in [0, 0.05) is 32.6 Å². The zero-order valence-corrected chi connectivity index (χ0v) is 11.3. The average molecular weight is 257 g/mol. The summed E-state index contributed by atoms with van der Waals surface area (Å²) in [6.45, 7) is 4.16. The van der Waals surface area contributed by atoms with E-state index in [1.807, 2.05) is 6.92 Å². The topological polar surface area (TPSA) is 58.1 Å². The highest BCUT2D eigenvalue weighted by Gasteiger charge is 2.08. The van der Waals surface area contributed by atoms with Gasteiger partial charge in [0.05, 0.1) is 0 Å². The Morgan fingerprint density at radius 2 is 2.00 bits per heavy atom. The van der Waals surface area contributed by atoms with Gasteiger partial charge in [-0.25, -0.2) is 9.97 Å². The molecule has 17 heavy (non-hydrogen) atoms. The van der Waals surface area contributed by atoms with Crippen LogP contribution in [-0.4, -0.2) is 41.4 Å². The Balaban J connectivity index is 2.61. The highest BCUT2D eigenvalue weighted by molar-refractivity contribution is 6.30. The van der Waals surface area contributed by atoms with Crippen LogP contribution >= 0.6 is 11.6 Å². The van der Waals surface area contributed by atoms with Crippen LogP contribution in [0.4, 0.5) is 5.82 Å². The van der Waals surface area contributed by atoms with E-state index >= 15 is 0 Å². The first-order chi connectivity index (χ1) is 7.91. The van der Waals surface area contributed by atoms with Gasteiger partial charge in [0.15, 0.2) is 0 Å². The molecule has 5 nitrogen and oxygen atoms in total. The Morgan fingerprint density at radius 1 is 1.35 bits per heavy atom. The number of anilines is 1. The minimum absolute atomic E-state index is 0.0760. The summed E-state index contributed by atoms with van der Waals surface area (Å²) in [6, 6.07) is 0. The summed E-state index contributed by atoms with van der Waals surface area (Å²) in [7, 11) is 3.47. The first-order valence-corrected chi connectivity index (χ1v) is 5.74. The van der Waals surface area contributed by atoms with E-state index < -0.39 is 0 Å². The molecule has 1 amide bonds. The maximum Gasteiger partial charge on any atom is 0.223 e. The predicted molar refractivity (Wildman–Crippen MR) is 68.3 cm³/mol. The lowest BCUT2D eigenvalue weighted by Crippen LogP contribution is -2.24. The molecule has 1 N–H and O–H groups in total. The number of rotatable bonds is 4. The van der Waals surface area contributed by atoms with Gasteiger partial charge in [-0.1, -0.05) is 11.6 Å². The molecule has 94 valence electrons. The standard InChI is InChI=1S/C11H17ClN4O/c1-7-10(12)14-8(2)15-11(7)13-6-5-9(17)16(3)4/h5-6H2,1-4H3,(H,13,14,15). The number of hydrogen-bond donors (Lipinski definition) is 1. The zero-order chi connectivity index (χ0) is 13.0. The molecule has 0 saturated heterocycles. The van der Waals surface area contributed by atoms with Crippen LogP contribution in [0.2, 0.25) is 5.15 Å². The van der Waals surface area contributed by atoms with Gasteiger partial charge >= 0.3 is 0 Å². The van der Waals surface area contributed by atoms with E-state index in [-0.39, 0.29) is 5.91 Å². The third-order valence-electron chi connectivity index (χ3n) is 2.33. The fourth-order valence-electron chi connectivity index (χ4n) is 1.28. The van der Waals surface area contributed by atoms with E-state index in [1.165, 1.54) is 0 Å². The maximum absolute atomic E-state index is 11.4. The number of hydrogen-bond acceptors (Lipinski definition) is 4. The Hall–Kier alpha value is -1.36. The smallest absolute Gasteiger partial charge is 0.223 e. The van der Waals surface area contributed by atoms with E-state index in [0.717, 1.165) is 5.56 Å². The van der Waals surface area contributed by atoms with E-state index in [0.29, 0.717) is 29.8 Å². The van der Waals surface area contributed by atoms with Crippen LogP contribution in [0.25, 0.3) is 0 Å². The van der Waals surface area contributed by atoms with Crippen molar-refractivity contribution < 1.29 is 4.79 Å². The molecule has 0 atom stereocenters. The molecule has 1 rings (SSSR count). The van der Waals surface area contributed by atoms with Crippen molar-refractivity contribution in [3.8, 4) is 0 Å². The van der Waals surface area contributed by atoms with Gasteiger partial charge in [-0.3, -0.25) is 4.79 Å². The zero-order valence-electron chi connectivity index (χ0n) is 10.5. The van der Waals surface area contributed by atoms with Crippen LogP contribution < -0.4 is 5.32 Å². The molecule has 1 aromatic heterocycles. The summed E-state index contributed by atoms with van der Waals surface area (Å²) >= 11 is 5.94. The summed E-state index contributed by atoms with van der Waals surface area (Å²) in [4.78, 5) is 21.2. The van der Waals surface area contributed by atoms with Gasteiger partial charge in [0.1, 0.15) is 16.8 Å². The first kappa shape index (κ1) is 13.7. The molecular weight excluding hydrogens is 240 g/mol. The quantitative estimate of drug-likeness (QED) is 0.832. The molecule has 0 fully saturated rings. The van der Waals surface area contributed by atoms with Crippen molar-refractivity contribution in [1.82, 2.24) is 14.9 Å². The molecule has 0 aliphatic heterocycles. The van der Waals surface area contributed by atoms with Crippen LogP contribution in [0.5, 0.6) is 0 Å². The van der Waals surface area contributed by atoms with Crippen molar-refractivity contribution in [1.29, 1.82) is 0 Å². The Labute approximate surface area is 106 Å². The number of nitrogens with one attached hydrogen (secondary N) is 1. The van der Waals surface area contributed by atoms with E-state index in [4.69, 9.17) is 11.6 Å². The summed E-state index contributed by atoms with van der Waals surface area (Å²) in [5, 5.41) is 3.54. The van der Waals surface area contributed by atoms with Crippen molar-refractivity contribution in [3.05, 3.63) is 16.5 Å². The lowest BCUT2D eigenvalue weighted by atomic mass is 10.3. The number of carbonyl (C=O) groups excluding carboxylic acids is 1. The molecule has 1 heterocycles. The SMILES string of the molecule is Cc1nc(Cl)c(C)c(NCCC(=O)N(C)C)n1. The van der Waals surface area contributed by atoms with Gasteiger partial charge in [-0.15, -0.1) is 0 Å². The van der Waals surface area contributed by atoms with E-state index in [2.05, 4.69) is 15.3 Å². The number of aryl methyl sites for hydroxylation is 1. The largest absolute Gasteiger partial charge is 0.369 e. The van der Waals surface area contributed by atoms with Gasteiger partial charge < -0.3 is 10.2 Å². The van der Waals surface area contributed by atoms with E-state index in [9.17, 15) is 4.79 Å². The van der Waals surface area contributed by atoms with Crippen molar-refractivity contribution in [2.45, 2.75) is 20.3 Å². The van der Waals surface area contributed by atoms with Gasteiger partial charge in [-0.2, -0.15) is 0 Å². The molecule has 0 saturated carbocycles. The number of carbonyl (C=O) groups is 1. The third-order valence-corrected chi connectivity index (χ3v) is 2.70. The lowest BCUT2D eigenvalue weighted by Gasteiger charge is -2.12. The molecule has 0 aliphatic rings. The number of halogens is 1. The maximum atomic E-state index is 11.4. The average Bonchev–Trinajstić information content (AvgIpc) is 2.24. The summed E-state index contributed by atoms with van der Waals surface area (Å²) in [5.41, 5.74) is 0.801. The second-order valence-electron chi connectivity index (χ2n) is 4.00. The van der Waals surface area contributed by atoms with Crippen LogP contribution in [0.3, 0.4) is 0 Å². The number of amides is 1. The van der Waals surface area contributed by atoms with Gasteiger partial charge in [-0.05, 0) is 13.8 Å². The van der Waals surface area contributed by atoms with Crippen molar-refractivity contribution >= 4 is 23.3 Å².